The zero-order valence-corrected chi connectivity index (χ0v) is 18.9. The predicted molar refractivity (Wildman–Crippen MR) is 98.5 cm³/mol. The predicted octanol–water partition coefficient (Wildman–Crippen LogP) is 5.42. The number of hydrogen-bond donors (Lipinski definition) is 2. The van der Waals surface area contributed by atoms with E-state index in [1.807, 2.05) is 13.8 Å². The van der Waals surface area contributed by atoms with Gasteiger partial charge >= 0.3 is 0 Å². The number of unbranched alkanes of at least 4 members (excludes halogenated alkanes) is 2. The molecule has 0 rings (SSSR count). The molecule has 0 aromatic heterocycles. The molecule has 5 heteroatoms. The Labute approximate surface area is 155 Å². The van der Waals surface area contributed by atoms with Gasteiger partial charge in [0.15, 0.2) is 0 Å². The summed E-state index contributed by atoms with van der Waals surface area (Å²) in [5.74, 6) is 0.644. The molecule has 4 nitrogen and oxygen atoms in total. The zero-order valence-electron chi connectivity index (χ0n) is 15.9. The molecule has 0 aliphatic heterocycles. The molecular weight excluding hydrogens is 342 g/mol. The molecular formula is C18H34N2O2Zn. The molecule has 23 heavy (non-hydrogen) atoms. The van der Waals surface area contributed by atoms with E-state index in [1.165, 1.54) is 12.8 Å². The fourth-order valence-corrected chi connectivity index (χ4v) is 1.52. The Balaban J connectivity index is -0.000000333. The number of hydrogen-bond acceptors (Lipinski definition) is 4. The molecule has 0 atom stereocenters. The maximum absolute atomic E-state index is 8.86. The van der Waals surface area contributed by atoms with E-state index in [0.29, 0.717) is 11.5 Å². The second-order valence-corrected chi connectivity index (χ2v) is 5.32. The van der Waals surface area contributed by atoms with Crippen LogP contribution in [-0.2, 0) is 19.5 Å². The van der Waals surface area contributed by atoms with Gasteiger partial charge in [0.2, 0.25) is 0 Å². The summed E-state index contributed by atoms with van der Waals surface area (Å²) in [6, 6.07) is 0. The molecule has 0 aromatic carbocycles. The van der Waals surface area contributed by atoms with Gasteiger partial charge in [0, 0.05) is 44.0 Å². The normalized spacial score (nSPS) is 13.1. The van der Waals surface area contributed by atoms with Crippen LogP contribution >= 0.6 is 0 Å². The minimum absolute atomic E-state index is 0. The summed E-state index contributed by atoms with van der Waals surface area (Å²) in [7, 11) is 0. The van der Waals surface area contributed by atoms with Gasteiger partial charge in [0.1, 0.15) is 0 Å². The van der Waals surface area contributed by atoms with Crippen LogP contribution < -0.4 is 0 Å². The molecule has 2 N–H and O–H groups in total. The third kappa shape index (κ3) is 26.3. The van der Waals surface area contributed by atoms with Crippen LogP contribution in [0.1, 0.15) is 67.2 Å². The van der Waals surface area contributed by atoms with Crippen molar-refractivity contribution in [3.8, 4) is 0 Å². The van der Waals surface area contributed by atoms with Crippen LogP contribution in [-0.4, -0.2) is 34.7 Å². The van der Waals surface area contributed by atoms with E-state index < -0.39 is 0 Å². The van der Waals surface area contributed by atoms with Crippen molar-refractivity contribution < 1.29 is 29.7 Å². The largest absolute Gasteiger partial charge is 0.513 e. The minimum Gasteiger partial charge on any atom is -0.513 e. The van der Waals surface area contributed by atoms with Crippen molar-refractivity contribution >= 4 is 11.4 Å². The number of nitrogens with zero attached hydrogens (tertiary/aromatic N) is 2. The van der Waals surface area contributed by atoms with Crippen molar-refractivity contribution in [1.82, 2.24) is 0 Å². The SMILES string of the molecule is CCCCN=C(C)/C=C(/C)O.CCCCN=C(C)/C=C(/C)O.[Zn]. The molecule has 0 fully saturated rings. The number of aliphatic hydroxyl groups excluding tert-OH is 2. The molecule has 0 amide bonds. The van der Waals surface area contributed by atoms with E-state index >= 15 is 0 Å². The van der Waals surface area contributed by atoms with Gasteiger partial charge in [-0.1, -0.05) is 26.7 Å². The van der Waals surface area contributed by atoms with Crippen molar-refractivity contribution in [2.75, 3.05) is 13.1 Å². The summed E-state index contributed by atoms with van der Waals surface area (Å²) in [5, 5.41) is 17.7. The van der Waals surface area contributed by atoms with Gasteiger partial charge in [-0.05, 0) is 52.7 Å². The van der Waals surface area contributed by atoms with Crippen molar-refractivity contribution in [3.05, 3.63) is 23.7 Å². The van der Waals surface area contributed by atoms with Crippen LogP contribution in [0.25, 0.3) is 0 Å². The molecule has 0 saturated heterocycles. The molecule has 0 bridgehead atoms. The van der Waals surface area contributed by atoms with Gasteiger partial charge in [0.05, 0.1) is 11.5 Å². The average Bonchev–Trinajstić information content (AvgIpc) is 2.38. The summed E-state index contributed by atoms with van der Waals surface area (Å²) < 4.78 is 0. The zero-order chi connectivity index (χ0) is 17.4. The first kappa shape index (κ1) is 26.9. The monoisotopic (exact) mass is 374 g/mol. The first-order valence-corrected chi connectivity index (χ1v) is 8.10. The van der Waals surface area contributed by atoms with Crippen molar-refractivity contribution in [3.63, 3.8) is 0 Å². The van der Waals surface area contributed by atoms with E-state index in [1.54, 1.807) is 26.0 Å². The second kappa shape index (κ2) is 19.1. The fraction of sp³-hybridized carbons (Fsp3) is 0.667. The third-order valence-electron chi connectivity index (χ3n) is 2.58. The average molecular weight is 376 g/mol. The van der Waals surface area contributed by atoms with Crippen LogP contribution in [0.15, 0.2) is 33.7 Å². The Morgan fingerprint density at radius 2 is 1.04 bits per heavy atom. The molecule has 0 spiro atoms. The van der Waals surface area contributed by atoms with Gasteiger partial charge in [-0.25, -0.2) is 0 Å². The van der Waals surface area contributed by atoms with Crippen LogP contribution in [0.4, 0.5) is 0 Å². The van der Waals surface area contributed by atoms with Gasteiger partial charge in [-0.2, -0.15) is 0 Å². The molecule has 0 heterocycles. The molecule has 0 saturated carbocycles. The first-order valence-electron chi connectivity index (χ1n) is 8.10. The molecule has 130 valence electrons. The van der Waals surface area contributed by atoms with Gasteiger partial charge in [0.25, 0.3) is 0 Å². The Bertz CT molecular complexity index is 354. The first-order chi connectivity index (χ1) is 10.3. The Kier molecular flexibility index (Phi) is 22.3. The topological polar surface area (TPSA) is 65.2 Å². The molecule has 0 unspecified atom stereocenters. The van der Waals surface area contributed by atoms with Gasteiger partial charge < -0.3 is 10.2 Å². The summed E-state index contributed by atoms with van der Waals surface area (Å²) >= 11 is 0. The van der Waals surface area contributed by atoms with Gasteiger partial charge in [-0.15, -0.1) is 0 Å². The Morgan fingerprint density at radius 3 is 1.26 bits per heavy atom. The van der Waals surface area contributed by atoms with E-state index in [4.69, 9.17) is 10.2 Å². The van der Waals surface area contributed by atoms with E-state index in [2.05, 4.69) is 23.8 Å². The van der Waals surface area contributed by atoms with Crippen LogP contribution in [0.2, 0.25) is 0 Å². The second-order valence-electron chi connectivity index (χ2n) is 5.32. The summed E-state index contributed by atoms with van der Waals surface area (Å²) in [6.45, 7) is 13.1. The maximum atomic E-state index is 8.86. The summed E-state index contributed by atoms with van der Waals surface area (Å²) in [4.78, 5) is 8.47. The quantitative estimate of drug-likeness (QED) is 0.257. The smallest absolute Gasteiger partial charge is 0.0909 e. The maximum Gasteiger partial charge on any atom is 0.0909 e. The van der Waals surface area contributed by atoms with Crippen LogP contribution in [0.5, 0.6) is 0 Å². The van der Waals surface area contributed by atoms with Gasteiger partial charge in [-0.3, -0.25) is 9.98 Å². The third-order valence-corrected chi connectivity index (χ3v) is 2.58. The molecule has 0 aliphatic rings. The minimum atomic E-state index is 0. The fourth-order valence-electron chi connectivity index (χ4n) is 1.52. The summed E-state index contributed by atoms with van der Waals surface area (Å²) in [5.41, 5.74) is 1.80. The molecule has 0 aromatic rings. The number of rotatable bonds is 8. The van der Waals surface area contributed by atoms with Crippen LogP contribution in [0, 0.1) is 0 Å². The Hall–Kier alpha value is -0.957. The molecule has 0 radical (unpaired) electrons. The van der Waals surface area contributed by atoms with Crippen molar-refractivity contribution in [1.29, 1.82) is 0 Å². The van der Waals surface area contributed by atoms with Crippen LogP contribution in [0.3, 0.4) is 0 Å². The number of allylic oxidation sites excluding steroid dienone is 4. The van der Waals surface area contributed by atoms with E-state index in [0.717, 1.165) is 37.4 Å². The Morgan fingerprint density at radius 1 is 0.739 bits per heavy atom. The van der Waals surface area contributed by atoms with Crippen molar-refractivity contribution in [2.24, 2.45) is 9.98 Å². The van der Waals surface area contributed by atoms with E-state index in [9.17, 15) is 0 Å². The molecule has 0 aliphatic carbocycles. The van der Waals surface area contributed by atoms with Crippen molar-refractivity contribution in [2.45, 2.75) is 67.2 Å². The van der Waals surface area contributed by atoms with E-state index in [-0.39, 0.29) is 19.5 Å². The number of aliphatic imine (C=N–C) groups is 2. The standard InChI is InChI=1S/2C9H17NO.Zn/c2*1-4-5-6-10-8(2)7-9(3)11;/h2*7,11H,4-6H2,1-3H3;/b2*9-7-,10-8?;. The summed E-state index contributed by atoms with van der Waals surface area (Å²) in [6.07, 6.45) is 7.92. The number of aliphatic hydroxyl groups is 2.